The normalized spacial score (nSPS) is 13.9. The number of para-hydroxylation sites is 1. The fourth-order valence-corrected chi connectivity index (χ4v) is 3.77. The quantitative estimate of drug-likeness (QED) is 0.673. The molecule has 0 fully saturated rings. The zero-order valence-corrected chi connectivity index (χ0v) is 16.3. The minimum absolute atomic E-state index is 0.0755. The average molecular weight is 374 g/mol. The molecule has 0 saturated heterocycles. The van der Waals surface area contributed by atoms with E-state index in [0.29, 0.717) is 12.2 Å². The fraction of sp³-hybridized carbons (Fsp3) is 0.304. The highest BCUT2D eigenvalue weighted by molar-refractivity contribution is 5.93. The number of benzene rings is 2. The zero-order chi connectivity index (χ0) is 19.3. The van der Waals surface area contributed by atoms with E-state index >= 15 is 0 Å². The number of carbonyl (C=O) groups is 1. The smallest absolute Gasteiger partial charge is 0.270 e. The largest absolute Gasteiger partial charge is 0.351 e. The van der Waals surface area contributed by atoms with Crippen LogP contribution >= 0.6 is 0 Å². The van der Waals surface area contributed by atoms with Gasteiger partial charge in [0.25, 0.3) is 5.91 Å². The number of aromatic nitrogens is 2. The first kappa shape index (κ1) is 18.4. The molecule has 4 rings (SSSR count). The van der Waals surface area contributed by atoms with Gasteiger partial charge in [-0.2, -0.15) is 5.10 Å². The van der Waals surface area contributed by atoms with Crippen molar-refractivity contribution in [3.63, 3.8) is 0 Å². The van der Waals surface area contributed by atoms with E-state index in [-0.39, 0.29) is 5.91 Å². The van der Waals surface area contributed by atoms with E-state index in [1.807, 2.05) is 43.3 Å². The van der Waals surface area contributed by atoms with Crippen molar-refractivity contribution in [1.82, 2.24) is 20.0 Å². The predicted octanol–water partition coefficient (Wildman–Crippen LogP) is 3.36. The van der Waals surface area contributed by atoms with Crippen molar-refractivity contribution in [3.05, 3.63) is 83.2 Å². The molecule has 1 amide bonds. The van der Waals surface area contributed by atoms with E-state index in [0.717, 1.165) is 43.9 Å². The SMILES string of the molecule is Cc1cc(C(=O)NCCCN2CCc3ccccc3C2)n(-c2ccccc2)n1. The molecule has 1 N–H and O–H groups in total. The molecular weight excluding hydrogens is 348 g/mol. The second-order valence-corrected chi connectivity index (χ2v) is 7.32. The first-order valence-electron chi connectivity index (χ1n) is 9.90. The lowest BCUT2D eigenvalue weighted by Crippen LogP contribution is -2.34. The number of carbonyl (C=O) groups excluding carboxylic acids is 1. The standard InChI is InChI=1S/C23H26N4O/c1-18-16-22(27(25-18)21-10-3-2-4-11-21)23(28)24-13-7-14-26-15-12-19-8-5-6-9-20(19)17-26/h2-6,8-11,16H,7,12-15,17H2,1H3,(H,24,28). The highest BCUT2D eigenvalue weighted by Gasteiger charge is 2.17. The molecule has 0 saturated carbocycles. The number of nitrogens with zero attached hydrogens (tertiary/aromatic N) is 3. The number of amides is 1. The summed E-state index contributed by atoms with van der Waals surface area (Å²) in [5, 5.41) is 7.53. The van der Waals surface area contributed by atoms with Crippen molar-refractivity contribution in [2.75, 3.05) is 19.6 Å². The van der Waals surface area contributed by atoms with Crippen molar-refractivity contribution in [1.29, 1.82) is 0 Å². The molecule has 5 heteroatoms. The maximum Gasteiger partial charge on any atom is 0.270 e. The Kier molecular flexibility index (Phi) is 5.53. The van der Waals surface area contributed by atoms with Crippen molar-refractivity contribution in [3.8, 4) is 5.69 Å². The van der Waals surface area contributed by atoms with Crippen LogP contribution in [0.4, 0.5) is 0 Å². The first-order chi connectivity index (χ1) is 13.7. The van der Waals surface area contributed by atoms with E-state index in [2.05, 4.69) is 39.6 Å². The molecule has 2 heterocycles. The van der Waals surface area contributed by atoms with Crippen LogP contribution < -0.4 is 5.32 Å². The molecule has 5 nitrogen and oxygen atoms in total. The third-order valence-electron chi connectivity index (χ3n) is 5.21. The zero-order valence-electron chi connectivity index (χ0n) is 16.3. The number of rotatable bonds is 6. The van der Waals surface area contributed by atoms with E-state index in [1.165, 1.54) is 11.1 Å². The molecule has 2 aromatic carbocycles. The Balaban J connectivity index is 1.30. The first-order valence-corrected chi connectivity index (χ1v) is 9.90. The summed E-state index contributed by atoms with van der Waals surface area (Å²) in [4.78, 5) is 15.1. The van der Waals surface area contributed by atoms with Crippen LogP contribution in [0.2, 0.25) is 0 Å². The summed E-state index contributed by atoms with van der Waals surface area (Å²) in [7, 11) is 0. The van der Waals surface area contributed by atoms with Gasteiger partial charge in [-0.1, -0.05) is 42.5 Å². The molecule has 1 aliphatic rings. The molecule has 0 aliphatic carbocycles. The third-order valence-corrected chi connectivity index (χ3v) is 5.21. The van der Waals surface area contributed by atoms with Crippen LogP contribution in [0.15, 0.2) is 60.7 Å². The lowest BCUT2D eigenvalue weighted by Gasteiger charge is -2.28. The number of nitrogens with one attached hydrogen (secondary N) is 1. The van der Waals surface area contributed by atoms with Crippen LogP contribution in [0.3, 0.4) is 0 Å². The number of aryl methyl sites for hydroxylation is 1. The van der Waals surface area contributed by atoms with Gasteiger partial charge in [-0.3, -0.25) is 9.69 Å². The van der Waals surface area contributed by atoms with E-state index in [9.17, 15) is 4.79 Å². The Labute approximate surface area is 166 Å². The van der Waals surface area contributed by atoms with E-state index in [1.54, 1.807) is 4.68 Å². The van der Waals surface area contributed by atoms with Crippen molar-refractivity contribution in [2.45, 2.75) is 26.3 Å². The van der Waals surface area contributed by atoms with Gasteiger partial charge in [-0.05, 0) is 49.1 Å². The maximum absolute atomic E-state index is 12.7. The summed E-state index contributed by atoms with van der Waals surface area (Å²) in [6.07, 6.45) is 2.05. The summed E-state index contributed by atoms with van der Waals surface area (Å²) in [5.74, 6) is -0.0755. The molecule has 0 spiro atoms. The average Bonchev–Trinajstić information content (AvgIpc) is 3.13. The van der Waals surface area contributed by atoms with Gasteiger partial charge in [0, 0.05) is 26.2 Å². The van der Waals surface area contributed by atoms with Gasteiger partial charge in [-0.15, -0.1) is 0 Å². The molecule has 1 aromatic heterocycles. The Bertz CT molecular complexity index is 948. The fourth-order valence-electron chi connectivity index (χ4n) is 3.77. The number of fused-ring (bicyclic) bond motifs is 1. The molecule has 0 radical (unpaired) electrons. The van der Waals surface area contributed by atoms with Crippen LogP contribution in [-0.2, 0) is 13.0 Å². The highest BCUT2D eigenvalue weighted by atomic mass is 16.2. The molecule has 1 aliphatic heterocycles. The molecule has 0 bridgehead atoms. The minimum Gasteiger partial charge on any atom is -0.351 e. The number of hydrogen-bond acceptors (Lipinski definition) is 3. The maximum atomic E-state index is 12.7. The van der Waals surface area contributed by atoms with Crippen LogP contribution in [0.5, 0.6) is 0 Å². The van der Waals surface area contributed by atoms with Crippen molar-refractivity contribution >= 4 is 5.91 Å². The Morgan fingerprint density at radius 2 is 1.82 bits per heavy atom. The summed E-state index contributed by atoms with van der Waals surface area (Å²) in [6.45, 7) is 5.65. The third kappa shape index (κ3) is 4.15. The second-order valence-electron chi connectivity index (χ2n) is 7.32. The van der Waals surface area contributed by atoms with Gasteiger partial charge in [-0.25, -0.2) is 4.68 Å². The van der Waals surface area contributed by atoms with Gasteiger partial charge in [0.15, 0.2) is 0 Å². The molecule has 0 unspecified atom stereocenters. The summed E-state index contributed by atoms with van der Waals surface area (Å²) in [5.41, 5.74) is 5.21. The summed E-state index contributed by atoms with van der Waals surface area (Å²) >= 11 is 0. The van der Waals surface area contributed by atoms with Crippen LogP contribution in [0, 0.1) is 6.92 Å². The molecule has 3 aromatic rings. The topological polar surface area (TPSA) is 50.2 Å². The van der Waals surface area contributed by atoms with Crippen molar-refractivity contribution in [2.24, 2.45) is 0 Å². The minimum atomic E-state index is -0.0755. The highest BCUT2D eigenvalue weighted by Crippen LogP contribution is 2.18. The Morgan fingerprint density at radius 1 is 1.07 bits per heavy atom. The molecule has 144 valence electrons. The van der Waals surface area contributed by atoms with Gasteiger partial charge in [0.2, 0.25) is 0 Å². The molecule has 0 atom stereocenters. The molecular formula is C23H26N4O. The van der Waals surface area contributed by atoms with Crippen molar-refractivity contribution < 1.29 is 4.79 Å². The summed E-state index contributed by atoms with van der Waals surface area (Å²) < 4.78 is 1.71. The predicted molar refractivity (Wildman–Crippen MR) is 111 cm³/mol. The lowest BCUT2D eigenvalue weighted by molar-refractivity contribution is 0.0943. The van der Waals surface area contributed by atoms with Crippen LogP contribution in [0.1, 0.15) is 33.7 Å². The Morgan fingerprint density at radius 3 is 2.64 bits per heavy atom. The van der Waals surface area contributed by atoms with Gasteiger partial charge in [0.05, 0.1) is 11.4 Å². The van der Waals surface area contributed by atoms with E-state index < -0.39 is 0 Å². The number of hydrogen-bond donors (Lipinski definition) is 1. The summed E-state index contributed by atoms with van der Waals surface area (Å²) in [6, 6.07) is 20.3. The van der Waals surface area contributed by atoms with Crippen LogP contribution in [0.25, 0.3) is 5.69 Å². The lowest BCUT2D eigenvalue weighted by atomic mass is 10.00. The van der Waals surface area contributed by atoms with Crippen LogP contribution in [-0.4, -0.2) is 40.2 Å². The van der Waals surface area contributed by atoms with Gasteiger partial charge < -0.3 is 5.32 Å². The van der Waals surface area contributed by atoms with Gasteiger partial charge >= 0.3 is 0 Å². The van der Waals surface area contributed by atoms with E-state index in [4.69, 9.17) is 0 Å². The monoisotopic (exact) mass is 374 g/mol. The molecule has 28 heavy (non-hydrogen) atoms. The Hall–Kier alpha value is -2.92. The van der Waals surface area contributed by atoms with Gasteiger partial charge in [0.1, 0.15) is 5.69 Å². The second kappa shape index (κ2) is 8.40.